The average molecular weight is 242 g/mol. The first-order valence-corrected chi connectivity index (χ1v) is 5.70. The lowest BCUT2D eigenvalue weighted by atomic mass is 10.1. The number of amides is 1. The highest BCUT2D eigenvalue weighted by atomic mass is 16.6. The molecule has 3 rings (SSSR count). The van der Waals surface area contributed by atoms with E-state index < -0.39 is 6.04 Å². The maximum Gasteiger partial charge on any atom is 0.329 e. The molecule has 0 radical (unpaired) electrons. The first kappa shape index (κ1) is 10.8. The van der Waals surface area contributed by atoms with Gasteiger partial charge in [-0.05, 0) is 18.2 Å². The third-order valence-corrected chi connectivity index (χ3v) is 3.32. The molecule has 0 aromatic heterocycles. The maximum atomic E-state index is 12.3. The van der Waals surface area contributed by atoms with E-state index in [1.807, 2.05) is 6.07 Å². The van der Waals surface area contributed by atoms with Gasteiger partial charge in [0.25, 0.3) is 5.91 Å². The van der Waals surface area contributed by atoms with E-state index >= 15 is 0 Å². The summed E-state index contributed by atoms with van der Waals surface area (Å²) in [5, 5.41) is 8.81. The second-order valence-corrected chi connectivity index (χ2v) is 4.46. The molecule has 0 saturated carbocycles. The number of nitriles is 1. The Morgan fingerprint density at radius 3 is 3.00 bits per heavy atom. The van der Waals surface area contributed by atoms with Gasteiger partial charge in [0.1, 0.15) is 12.1 Å². The Labute approximate surface area is 104 Å². The van der Waals surface area contributed by atoms with E-state index in [-0.39, 0.29) is 18.0 Å². The number of rotatable bonds is 1. The van der Waals surface area contributed by atoms with Crippen LogP contribution in [0.4, 0.5) is 0 Å². The van der Waals surface area contributed by atoms with Crippen LogP contribution in [0.1, 0.15) is 22.3 Å². The Bertz CT molecular complexity index is 576. The molecule has 0 spiro atoms. The van der Waals surface area contributed by atoms with Crippen molar-refractivity contribution in [3.8, 4) is 6.07 Å². The summed E-state index contributed by atoms with van der Waals surface area (Å²) in [4.78, 5) is 25.2. The van der Waals surface area contributed by atoms with E-state index in [4.69, 9.17) is 10.00 Å². The van der Waals surface area contributed by atoms with E-state index in [1.54, 1.807) is 24.3 Å². The molecule has 2 atom stereocenters. The second kappa shape index (κ2) is 3.84. The minimum atomic E-state index is -0.451. The molecular formula is C13H10N2O3. The average Bonchev–Trinajstić information content (AvgIpc) is 2.96. The van der Waals surface area contributed by atoms with Crippen LogP contribution in [0.5, 0.6) is 0 Å². The molecule has 2 aliphatic heterocycles. The van der Waals surface area contributed by atoms with Gasteiger partial charge in [-0.15, -0.1) is 0 Å². The Balaban J connectivity index is 1.87. The fraction of sp³-hybridized carbons (Fsp3) is 0.308. The van der Waals surface area contributed by atoms with Crippen molar-refractivity contribution in [1.82, 2.24) is 4.90 Å². The van der Waals surface area contributed by atoms with Crippen LogP contribution in [0.25, 0.3) is 0 Å². The summed E-state index contributed by atoms with van der Waals surface area (Å²) >= 11 is 0. The van der Waals surface area contributed by atoms with Gasteiger partial charge in [-0.25, -0.2) is 4.79 Å². The highest BCUT2D eigenvalue weighted by Gasteiger charge is 2.48. The van der Waals surface area contributed by atoms with E-state index in [1.165, 1.54) is 4.90 Å². The number of carbonyl (C=O) groups excluding carboxylic acids is 2. The lowest BCUT2D eigenvalue weighted by Crippen LogP contribution is -2.44. The highest BCUT2D eigenvalue weighted by Crippen LogP contribution is 2.30. The summed E-state index contributed by atoms with van der Waals surface area (Å²) < 4.78 is 5.04. The van der Waals surface area contributed by atoms with E-state index in [2.05, 4.69) is 0 Å². The number of esters is 1. The topological polar surface area (TPSA) is 70.4 Å². The smallest absolute Gasteiger partial charge is 0.329 e. The normalized spacial score (nSPS) is 24.8. The highest BCUT2D eigenvalue weighted by molar-refractivity contribution is 5.98. The monoisotopic (exact) mass is 242 g/mol. The summed E-state index contributed by atoms with van der Waals surface area (Å²) in [5.41, 5.74) is 0.877. The zero-order valence-corrected chi connectivity index (χ0v) is 9.50. The molecule has 2 heterocycles. The molecule has 2 aliphatic rings. The maximum absolute atomic E-state index is 12.3. The van der Waals surface area contributed by atoms with Crippen LogP contribution in [0.15, 0.2) is 24.3 Å². The number of nitrogens with zero attached hydrogens (tertiary/aromatic N) is 2. The molecule has 2 bridgehead atoms. The molecule has 1 aromatic rings. The first-order chi connectivity index (χ1) is 8.69. The second-order valence-electron chi connectivity index (χ2n) is 4.46. The number of hydrogen-bond donors (Lipinski definition) is 0. The van der Waals surface area contributed by atoms with Gasteiger partial charge in [0.2, 0.25) is 0 Å². The van der Waals surface area contributed by atoms with Gasteiger partial charge in [-0.3, -0.25) is 4.79 Å². The third kappa shape index (κ3) is 1.54. The molecule has 0 aliphatic carbocycles. The molecular weight excluding hydrogens is 232 g/mol. The fourth-order valence-electron chi connectivity index (χ4n) is 2.46. The minimum Gasteiger partial charge on any atom is -0.459 e. The molecule has 18 heavy (non-hydrogen) atoms. The van der Waals surface area contributed by atoms with Crippen LogP contribution in [0.2, 0.25) is 0 Å². The number of fused-ring (bicyclic) bond motifs is 2. The summed E-state index contributed by atoms with van der Waals surface area (Å²) in [6.45, 7) is 0.450. The fourth-order valence-corrected chi connectivity index (χ4v) is 2.46. The number of hydrogen-bond acceptors (Lipinski definition) is 4. The molecule has 90 valence electrons. The summed E-state index contributed by atoms with van der Waals surface area (Å²) in [6.07, 6.45) is 0.424. The molecule has 0 N–H and O–H groups in total. The summed E-state index contributed by atoms with van der Waals surface area (Å²) in [7, 11) is 0. The zero-order chi connectivity index (χ0) is 12.7. The SMILES string of the molecule is N#Cc1cccc(C(=O)N2CC3CC2C(=O)O3)c1. The van der Waals surface area contributed by atoms with Gasteiger partial charge < -0.3 is 9.64 Å². The third-order valence-electron chi connectivity index (χ3n) is 3.32. The Morgan fingerprint density at radius 2 is 2.33 bits per heavy atom. The van der Waals surface area contributed by atoms with E-state index in [0.29, 0.717) is 24.1 Å². The minimum absolute atomic E-state index is 0.161. The Hall–Kier alpha value is -2.35. The quantitative estimate of drug-likeness (QED) is 0.679. The van der Waals surface area contributed by atoms with Crippen molar-refractivity contribution in [2.75, 3.05) is 6.54 Å². The van der Waals surface area contributed by atoms with Crippen LogP contribution >= 0.6 is 0 Å². The predicted molar refractivity (Wildman–Crippen MR) is 60.5 cm³/mol. The van der Waals surface area contributed by atoms with Crippen LogP contribution < -0.4 is 0 Å². The molecule has 1 aromatic carbocycles. The van der Waals surface area contributed by atoms with E-state index in [9.17, 15) is 9.59 Å². The van der Waals surface area contributed by atoms with Crippen LogP contribution in [0, 0.1) is 11.3 Å². The number of carbonyl (C=O) groups is 2. The number of ether oxygens (including phenoxy) is 1. The zero-order valence-electron chi connectivity index (χ0n) is 9.50. The molecule has 2 unspecified atom stereocenters. The number of likely N-dealkylation sites (tertiary alicyclic amines) is 1. The largest absolute Gasteiger partial charge is 0.459 e. The molecule has 2 fully saturated rings. The first-order valence-electron chi connectivity index (χ1n) is 5.70. The van der Waals surface area contributed by atoms with E-state index in [0.717, 1.165) is 0 Å². The van der Waals surface area contributed by atoms with Gasteiger partial charge >= 0.3 is 5.97 Å². The van der Waals surface area contributed by atoms with Crippen LogP contribution in [-0.2, 0) is 9.53 Å². The van der Waals surface area contributed by atoms with Crippen LogP contribution in [-0.4, -0.2) is 35.5 Å². The summed E-state index contributed by atoms with van der Waals surface area (Å²) in [6, 6.07) is 8.04. The Kier molecular flexibility index (Phi) is 2.30. The van der Waals surface area contributed by atoms with Crippen molar-refractivity contribution in [3.05, 3.63) is 35.4 Å². The molecule has 5 nitrogen and oxygen atoms in total. The van der Waals surface area contributed by atoms with Gasteiger partial charge in [-0.1, -0.05) is 6.07 Å². The Morgan fingerprint density at radius 1 is 1.50 bits per heavy atom. The lowest BCUT2D eigenvalue weighted by Gasteiger charge is -2.25. The van der Waals surface area contributed by atoms with Gasteiger partial charge in [-0.2, -0.15) is 5.26 Å². The van der Waals surface area contributed by atoms with Crippen molar-refractivity contribution >= 4 is 11.9 Å². The van der Waals surface area contributed by atoms with Gasteiger partial charge in [0, 0.05) is 12.0 Å². The van der Waals surface area contributed by atoms with Crippen molar-refractivity contribution in [3.63, 3.8) is 0 Å². The van der Waals surface area contributed by atoms with Crippen molar-refractivity contribution < 1.29 is 14.3 Å². The molecule has 1 amide bonds. The van der Waals surface area contributed by atoms with Gasteiger partial charge in [0.05, 0.1) is 18.2 Å². The van der Waals surface area contributed by atoms with Gasteiger partial charge in [0.15, 0.2) is 0 Å². The predicted octanol–water partition coefficient (Wildman–Crippen LogP) is 0.698. The van der Waals surface area contributed by atoms with Crippen LogP contribution in [0.3, 0.4) is 0 Å². The number of benzene rings is 1. The number of morpholine rings is 1. The lowest BCUT2D eigenvalue weighted by molar-refractivity contribution is -0.149. The van der Waals surface area contributed by atoms with Crippen molar-refractivity contribution in [1.29, 1.82) is 5.26 Å². The van der Waals surface area contributed by atoms with Crippen molar-refractivity contribution in [2.45, 2.75) is 18.6 Å². The summed E-state index contributed by atoms with van der Waals surface area (Å²) in [5.74, 6) is -0.535. The van der Waals surface area contributed by atoms with Crippen molar-refractivity contribution in [2.24, 2.45) is 0 Å². The molecule has 2 saturated heterocycles. The molecule has 5 heteroatoms. The standard InChI is InChI=1S/C13H10N2O3/c14-6-8-2-1-3-9(4-8)12(16)15-7-10-5-11(15)13(17)18-10/h1-4,10-11H,5,7H2.